The fourth-order valence-corrected chi connectivity index (χ4v) is 4.75. The Labute approximate surface area is 153 Å². The first-order valence-corrected chi connectivity index (χ1v) is 10.8. The van der Waals surface area contributed by atoms with Crippen molar-refractivity contribution in [3.05, 3.63) is 34.7 Å². The lowest BCUT2D eigenvalue weighted by molar-refractivity contribution is 0.181. The summed E-state index contributed by atoms with van der Waals surface area (Å²) in [5, 5.41) is 3.12. The minimum absolute atomic E-state index is 0.171. The minimum atomic E-state index is -3.07. The van der Waals surface area contributed by atoms with E-state index >= 15 is 0 Å². The summed E-state index contributed by atoms with van der Waals surface area (Å²) in [4.78, 5) is 6.98. The molecule has 136 valence electrons. The molecular weight excluding hydrogens is 358 g/mol. The van der Waals surface area contributed by atoms with E-state index in [-0.39, 0.29) is 5.75 Å². The van der Waals surface area contributed by atoms with Gasteiger partial charge in [0.25, 0.3) is 0 Å². The molecule has 1 aliphatic heterocycles. The predicted octanol–water partition coefficient (Wildman–Crippen LogP) is 2.29. The fraction of sp³-hybridized carbons (Fsp3) is 0.471. The number of rotatable bonds is 6. The molecule has 0 spiro atoms. The summed E-state index contributed by atoms with van der Waals surface area (Å²) in [5.74, 6) is 1.00. The van der Waals surface area contributed by atoms with Crippen LogP contribution in [0.4, 0.5) is 0 Å². The van der Waals surface area contributed by atoms with E-state index < -0.39 is 10.0 Å². The second kappa shape index (κ2) is 7.82. The van der Waals surface area contributed by atoms with Gasteiger partial charge in [0.2, 0.25) is 10.0 Å². The van der Waals surface area contributed by atoms with Crippen LogP contribution in [-0.4, -0.2) is 61.6 Å². The molecule has 0 radical (unpaired) electrons. The standard InChI is InChI=1S/C17H23N3O3S2/c1-3-25(21,22)20-10-8-19(9-11-20)12-17-18-16(13-24-17)14-4-6-15(23-2)7-5-14/h4-7,13H,3,8-12H2,1-2H3. The molecule has 1 aliphatic rings. The number of ether oxygens (including phenoxy) is 1. The van der Waals surface area contributed by atoms with Gasteiger partial charge in [0.1, 0.15) is 10.8 Å². The maximum atomic E-state index is 11.9. The summed E-state index contributed by atoms with van der Waals surface area (Å²) in [6, 6.07) is 7.88. The maximum Gasteiger partial charge on any atom is 0.213 e. The Morgan fingerprint density at radius 1 is 1.16 bits per heavy atom. The highest BCUT2D eigenvalue weighted by atomic mass is 32.2. The number of nitrogens with zero attached hydrogens (tertiary/aromatic N) is 3. The molecule has 6 nitrogen and oxygen atoms in total. The van der Waals surface area contributed by atoms with Crippen LogP contribution in [0, 0.1) is 0 Å². The monoisotopic (exact) mass is 381 g/mol. The number of piperazine rings is 1. The van der Waals surface area contributed by atoms with Crippen LogP contribution in [0.5, 0.6) is 5.75 Å². The van der Waals surface area contributed by atoms with Crippen LogP contribution in [-0.2, 0) is 16.6 Å². The molecule has 0 saturated carbocycles. The van der Waals surface area contributed by atoms with E-state index in [0.29, 0.717) is 13.1 Å². The van der Waals surface area contributed by atoms with Gasteiger partial charge in [-0.2, -0.15) is 4.31 Å². The van der Waals surface area contributed by atoms with E-state index in [0.717, 1.165) is 41.6 Å². The molecule has 0 unspecified atom stereocenters. The van der Waals surface area contributed by atoms with E-state index in [1.165, 1.54) is 0 Å². The van der Waals surface area contributed by atoms with Gasteiger partial charge in [0, 0.05) is 37.1 Å². The summed E-state index contributed by atoms with van der Waals surface area (Å²) in [5.41, 5.74) is 2.04. The normalized spacial score (nSPS) is 16.9. The van der Waals surface area contributed by atoms with Crippen LogP contribution in [0.1, 0.15) is 11.9 Å². The molecule has 0 bridgehead atoms. The van der Waals surface area contributed by atoms with Crippen LogP contribution in [0.3, 0.4) is 0 Å². The quantitative estimate of drug-likeness (QED) is 0.768. The molecule has 25 heavy (non-hydrogen) atoms. The number of hydrogen-bond acceptors (Lipinski definition) is 6. The summed E-state index contributed by atoms with van der Waals surface area (Å²) in [6.07, 6.45) is 0. The van der Waals surface area contributed by atoms with Gasteiger partial charge in [-0.3, -0.25) is 4.90 Å². The number of methoxy groups -OCH3 is 1. The average Bonchev–Trinajstić information content (AvgIpc) is 3.11. The van der Waals surface area contributed by atoms with Crippen molar-refractivity contribution in [1.82, 2.24) is 14.2 Å². The second-order valence-electron chi connectivity index (χ2n) is 5.93. The first-order valence-electron chi connectivity index (χ1n) is 8.31. The highest BCUT2D eigenvalue weighted by Gasteiger charge is 2.25. The van der Waals surface area contributed by atoms with Gasteiger partial charge in [-0.1, -0.05) is 0 Å². The molecule has 1 fully saturated rings. The third-order valence-corrected chi connectivity index (χ3v) is 7.10. The minimum Gasteiger partial charge on any atom is -0.497 e. The molecule has 2 aromatic rings. The van der Waals surface area contributed by atoms with E-state index in [1.807, 2.05) is 24.3 Å². The summed E-state index contributed by atoms with van der Waals surface area (Å²) >= 11 is 1.64. The highest BCUT2D eigenvalue weighted by Crippen LogP contribution is 2.25. The number of aromatic nitrogens is 1. The second-order valence-corrected chi connectivity index (χ2v) is 9.13. The van der Waals surface area contributed by atoms with Crippen molar-refractivity contribution in [1.29, 1.82) is 0 Å². The molecule has 0 N–H and O–H groups in total. The largest absolute Gasteiger partial charge is 0.497 e. The van der Waals surface area contributed by atoms with Crippen LogP contribution >= 0.6 is 11.3 Å². The van der Waals surface area contributed by atoms with Crippen molar-refractivity contribution in [3.63, 3.8) is 0 Å². The summed E-state index contributed by atoms with van der Waals surface area (Å²) < 4.78 is 30.6. The number of sulfonamides is 1. The first-order chi connectivity index (χ1) is 12.0. The molecular formula is C17H23N3O3S2. The Hall–Kier alpha value is -1.48. The first kappa shape index (κ1) is 18.3. The van der Waals surface area contributed by atoms with Crippen LogP contribution in [0.2, 0.25) is 0 Å². The summed E-state index contributed by atoms with van der Waals surface area (Å²) in [6.45, 7) is 5.08. The van der Waals surface area contributed by atoms with Gasteiger partial charge in [-0.25, -0.2) is 13.4 Å². The molecule has 3 rings (SSSR count). The van der Waals surface area contributed by atoms with Gasteiger partial charge < -0.3 is 4.74 Å². The van der Waals surface area contributed by atoms with E-state index in [2.05, 4.69) is 10.3 Å². The van der Waals surface area contributed by atoms with Crippen LogP contribution in [0.15, 0.2) is 29.6 Å². The molecule has 1 aromatic heterocycles. The third kappa shape index (κ3) is 4.38. The Balaban J connectivity index is 1.59. The third-order valence-electron chi connectivity index (χ3n) is 4.39. The van der Waals surface area contributed by atoms with Gasteiger partial charge in [-0.15, -0.1) is 11.3 Å². The Kier molecular flexibility index (Phi) is 5.73. The van der Waals surface area contributed by atoms with E-state index in [1.54, 1.807) is 29.7 Å². The molecule has 2 heterocycles. The van der Waals surface area contributed by atoms with Gasteiger partial charge in [0.05, 0.1) is 25.1 Å². The zero-order valence-corrected chi connectivity index (χ0v) is 16.1. The van der Waals surface area contributed by atoms with Crippen molar-refractivity contribution in [2.75, 3.05) is 39.0 Å². The van der Waals surface area contributed by atoms with Gasteiger partial charge >= 0.3 is 0 Å². The number of thiazole rings is 1. The van der Waals surface area contributed by atoms with Crippen LogP contribution in [0.25, 0.3) is 11.3 Å². The Morgan fingerprint density at radius 2 is 1.84 bits per heavy atom. The fourth-order valence-electron chi connectivity index (χ4n) is 2.82. The topological polar surface area (TPSA) is 62.7 Å². The summed E-state index contributed by atoms with van der Waals surface area (Å²) in [7, 11) is -1.42. The zero-order chi connectivity index (χ0) is 17.9. The van der Waals surface area contributed by atoms with Crippen molar-refractivity contribution >= 4 is 21.4 Å². The van der Waals surface area contributed by atoms with Crippen LogP contribution < -0.4 is 4.74 Å². The molecule has 8 heteroatoms. The zero-order valence-electron chi connectivity index (χ0n) is 14.5. The highest BCUT2D eigenvalue weighted by molar-refractivity contribution is 7.89. The molecule has 0 atom stereocenters. The van der Waals surface area contributed by atoms with Crippen molar-refractivity contribution in [2.45, 2.75) is 13.5 Å². The molecule has 1 aromatic carbocycles. The lowest BCUT2D eigenvalue weighted by atomic mass is 10.2. The predicted molar refractivity (Wildman–Crippen MR) is 100 cm³/mol. The van der Waals surface area contributed by atoms with Gasteiger partial charge in [0.15, 0.2) is 0 Å². The number of benzene rings is 1. The van der Waals surface area contributed by atoms with Crippen molar-refractivity contribution < 1.29 is 13.2 Å². The van der Waals surface area contributed by atoms with Gasteiger partial charge in [-0.05, 0) is 31.2 Å². The maximum absolute atomic E-state index is 11.9. The SMILES string of the molecule is CCS(=O)(=O)N1CCN(Cc2nc(-c3ccc(OC)cc3)cs2)CC1. The lowest BCUT2D eigenvalue weighted by Crippen LogP contribution is -2.48. The molecule has 0 aliphatic carbocycles. The lowest BCUT2D eigenvalue weighted by Gasteiger charge is -2.33. The van der Waals surface area contributed by atoms with E-state index in [4.69, 9.17) is 9.72 Å². The molecule has 0 amide bonds. The van der Waals surface area contributed by atoms with E-state index in [9.17, 15) is 8.42 Å². The molecule has 1 saturated heterocycles. The Morgan fingerprint density at radius 3 is 2.44 bits per heavy atom. The smallest absolute Gasteiger partial charge is 0.213 e. The average molecular weight is 382 g/mol. The number of hydrogen-bond donors (Lipinski definition) is 0. The van der Waals surface area contributed by atoms with Crippen molar-refractivity contribution in [2.24, 2.45) is 0 Å². The Bertz CT molecular complexity index is 795. The van der Waals surface area contributed by atoms with Crippen molar-refractivity contribution in [3.8, 4) is 17.0 Å².